The van der Waals surface area contributed by atoms with Gasteiger partial charge in [-0.2, -0.15) is 11.8 Å². The van der Waals surface area contributed by atoms with Gasteiger partial charge in [-0.1, -0.05) is 12.1 Å². The van der Waals surface area contributed by atoms with Crippen LogP contribution in [-0.2, 0) is 6.54 Å². The van der Waals surface area contributed by atoms with E-state index in [9.17, 15) is 10.1 Å². The highest BCUT2D eigenvalue weighted by Gasteiger charge is 2.29. The lowest BCUT2D eigenvalue weighted by Crippen LogP contribution is -2.43. The number of non-ortho nitro benzene ring substituents is 1. The molecule has 0 amide bonds. The van der Waals surface area contributed by atoms with Crippen molar-refractivity contribution in [2.24, 2.45) is 4.99 Å². The van der Waals surface area contributed by atoms with E-state index in [0.29, 0.717) is 6.54 Å². The van der Waals surface area contributed by atoms with Crippen LogP contribution in [0.2, 0.25) is 0 Å². The van der Waals surface area contributed by atoms with Gasteiger partial charge < -0.3 is 10.6 Å². The van der Waals surface area contributed by atoms with Crippen LogP contribution in [0.25, 0.3) is 0 Å². The van der Waals surface area contributed by atoms with Gasteiger partial charge in [0.15, 0.2) is 5.96 Å². The number of hydrogen-bond acceptors (Lipinski definition) is 4. The predicted octanol–water partition coefficient (Wildman–Crippen LogP) is 3.16. The number of thioether (sulfide) groups is 1. The molecule has 0 aliphatic carbocycles. The van der Waals surface area contributed by atoms with Crippen LogP contribution >= 0.6 is 35.7 Å². The molecule has 1 saturated heterocycles. The van der Waals surface area contributed by atoms with Crippen molar-refractivity contribution in [2.45, 2.75) is 31.1 Å². The zero-order chi connectivity index (χ0) is 16.0. The van der Waals surface area contributed by atoms with Crippen molar-refractivity contribution in [1.29, 1.82) is 0 Å². The molecule has 1 aromatic rings. The number of nitrogens with one attached hydrogen (secondary N) is 2. The smallest absolute Gasteiger partial charge is 0.269 e. The molecule has 1 aliphatic rings. The van der Waals surface area contributed by atoms with E-state index in [-0.39, 0.29) is 34.4 Å². The lowest BCUT2D eigenvalue weighted by atomic mass is 10.1. The number of nitrogens with zero attached hydrogens (tertiary/aromatic N) is 2. The molecule has 2 rings (SSSR count). The van der Waals surface area contributed by atoms with Crippen molar-refractivity contribution >= 4 is 47.4 Å². The molecular formula is C15H23IN4O2S. The summed E-state index contributed by atoms with van der Waals surface area (Å²) in [6, 6.07) is 6.55. The van der Waals surface area contributed by atoms with Gasteiger partial charge in [0.25, 0.3) is 5.69 Å². The summed E-state index contributed by atoms with van der Waals surface area (Å²) in [6.45, 7) is 3.75. The summed E-state index contributed by atoms with van der Waals surface area (Å²) in [5.74, 6) is 1.99. The maximum absolute atomic E-state index is 10.6. The number of guanidine groups is 1. The maximum Gasteiger partial charge on any atom is 0.269 e. The Hall–Kier alpha value is -1.03. The van der Waals surface area contributed by atoms with E-state index in [4.69, 9.17) is 0 Å². The van der Waals surface area contributed by atoms with Gasteiger partial charge >= 0.3 is 0 Å². The van der Waals surface area contributed by atoms with E-state index >= 15 is 0 Å². The van der Waals surface area contributed by atoms with E-state index in [2.05, 4.69) is 22.5 Å². The number of benzene rings is 1. The summed E-state index contributed by atoms with van der Waals surface area (Å²) in [5, 5.41) is 17.2. The number of aliphatic imine (C=N–C) groups is 1. The van der Waals surface area contributed by atoms with E-state index in [1.54, 1.807) is 19.2 Å². The van der Waals surface area contributed by atoms with Gasteiger partial charge in [0.1, 0.15) is 0 Å². The van der Waals surface area contributed by atoms with E-state index in [0.717, 1.165) is 18.1 Å². The van der Waals surface area contributed by atoms with Gasteiger partial charge in [-0.05, 0) is 31.1 Å². The molecule has 1 heterocycles. The second kappa shape index (κ2) is 9.31. The van der Waals surface area contributed by atoms with Crippen molar-refractivity contribution in [3.63, 3.8) is 0 Å². The van der Waals surface area contributed by atoms with Crippen molar-refractivity contribution in [2.75, 3.05) is 19.3 Å². The summed E-state index contributed by atoms with van der Waals surface area (Å²) < 4.78 is 0.283. The SMILES string of the molecule is CN=C(NCc1ccc([N+](=O)[O-])cc1)NCC1(C)CCCS1.I. The van der Waals surface area contributed by atoms with Gasteiger partial charge in [-0.15, -0.1) is 24.0 Å². The number of hydrogen-bond donors (Lipinski definition) is 2. The molecule has 23 heavy (non-hydrogen) atoms. The first-order valence-electron chi connectivity index (χ1n) is 7.34. The fraction of sp³-hybridized carbons (Fsp3) is 0.533. The largest absolute Gasteiger partial charge is 0.355 e. The third-order valence-electron chi connectivity index (χ3n) is 3.76. The molecule has 0 radical (unpaired) electrons. The first kappa shape index (κ1) is 20.0. The van der Waals surface area contributed by atoms with Crippen LogP contribution in [0.15, 0.2) is 29.3 Å². The average molecular weight is 450 g/mol. The molecule has 1 aliphatic heterocycles. The molecule has 1 fully saturated rings. The third kappa shape index (κ3) is 6.17. The molecular weight excluding hydrogens is 427 g/mol. The molecule has 128 valence electrons. The zero-order valence-corrected chi connectivity index (χ0v) is 16.5. The lowest BCUT2D eigenvalue weighted by molar-refractivity contribution is -0.384. The second-order valence-corrected chi connectivity index (χ2v) is 7.29. The first-order chi connectivity index (χ1) is 10.5. The monoisotopic (exact) mass is 450 g/mol. The Labute approximate surface area is 158 Å². The zero-order valence-electron chi connectivity index (χ0n) is 13.4. The average Bonchev–Trinajstić information content (AvgIpc) is 2.95. The number of nitro groups is 1. The highest BCUT2D eigenvalue weighted by atomic mass is 127. The molecule has 1 aromatic carbocycles. The quantitative estimate of drug-likeness (QED) is 0.237. The normalized spacial score (nSPS) is 20.7. The topological polar surface area (TPSA) is 79.6 Å². The highest BCUT2D eigenvalue weighted by Crippen LogP contribution is 2.36. The molecule has 0 saturated carbocycles. The van der Waals surface area contributed by atoms with Gasteiger partial charge in [0.2, 0.25) is 0 Å². The number of nitro benzene ring substituents is 1. The molecule has 1 atom stereocenters. The minimum atomic E-state index is -0.391. The Morgan fingerprint density at radius 2 is 2.09 bits per heavy atom. The lowest BCUT2D eigenvalue weighted by Gasteiger charge is -2.24. The minimum Gasteiger partial charge on any atom is -0.355 e. The van der Waals surface area contributed by atoms with Crippen LogP contribution in [0.3, 0.4) is 0 Å². The van der Waals surface area contributed by atoms with Crippen molar-refractivity contribution in [3.8, 4) is 0 Å². The van der Waals surface area contributed by atoms with Gasteiger partial charge in [0, 0.05) is 37.0 Å². The van der Waals surface area contributed by atoms with Crippen LogP contribution in [0, 0.1) is 10.1 Å². The van der Waals surface area contributed by atoms with Crippen molar-refractivity contribution in [3.05, 3.63) is 39.9 Å². The van der Waals surface area contributed by atoms with Crippen LogP contribution in [0.5, 0.6) is 0 Å². The molecule has 2 N–H and O–H groups in total. The molecule has 0 aromatic heterocycles. The van der Waals surface area contributed by atoms with Gasteiger partial charge in [0.05, 0.1) is 4.92 Å². The Kier molecular flexibility index (Phi) is 8.10. The molecule has 0 bridgehead atoms. The van der Waals surface area contributed by atoms with Crippen LogP contribution in [0.4, 0.5) is 5.69 Å². The Bertz CT molecular complexity index is 545. The van der Waals surface area contributed by atoms with E-state index in [1.807, 2.05) is 11.8 Å². The molecule has 6 nitrogen and oxygen atoms in total. The number of halogens is 1. The van der Waals surface area contributed by atoms with E-state index in [1.165, 1.54) is 30.7 Å². The molecule has 0 spiro atoms. The van der Waals surface area contributed by atoms with Crippen LogP contribution in [0.1, 0.15) is 25.3 Å². The summed E-state index contributed by atoms with van der Waals surface area (Å²) in [6.07, 6.45) is 2.50. The van der Waals surface area contributed by atoms with Crippen molar-refractivity contribution in [1.82, 2.24) is 10.6 Å². The standard InChI is InChI=1S/C15H22N4O2S.HI/c1-15(8-3-9-22-15)11-18-14(16-2)17-10-12-4-6-13(7-5-12)19(20)21;/h4-7H,3,8-11H2,1-2H3,(H2,16,17,18);1H. The van der Waals surface area contributed by atoms with Crippen molar-refractivity contribution < 1.29 is 4.92 Å². The van der Waals surface area contributed by atoms with Gasteiger partial charge in [-0.25, -0.2) is 0 Å². The Morgan fingerprint density at radius 1 is 1.39 bits per heavy atom. The summed E-state index contributed by atoms with van der Waals surface area (Å²) in [7, 11) is 1.75. The molecule has 8 heteroatoms. The van der Waals surface area contributed by atoms with Gasteiger partial charge in [-0.3, -0.25) is 15.1 Å². The minimum absolute atomic E-state index is 0. The summed E-state index contributed by atoms with van der Waals surface area (Å²) >= 11 is 2.01. The Balaban J connectivity index is 0.00000264. The van der Waals surface area contributed by atoms with Crippen LogP contribution < -0.4 is 10.6 Å². The summed E-state index contributed by atoms with van der Waals surface area (Å²) in [4.78, 5) is 14.5. The first-order valence-corrected chi connectivity index (χ1v) is 8.33. The molecule has 1 unspecified atom stereocenters. The Morgan fingerprint density at radius 3 is 2.61 bits per heavy atom. The number of rotatable bonds is 5. The van der Waals surface area contributed by atoms with Crippen LogP contribution in [-0.4, -0.2) is 35.0 Å². The fourth-order valence-electron chi connectivity index (χ4n) is 2.39. The second-order valence-electron chi connectivity index (χ2n) is 5.60. The fourth-order valence-corrected chi connectivity index (χ4v) is 3.63. The third-order valence-corrected chi connectivity index (χ3v) is 5.30. The maximum atomic E-state index is 10.6. The highest BCUT2D eigenvalue weighted by molar-refractivity contribution is 14.0. The predicted molar refractivity (Wildman–Crippen MR) is 107 cm³/mol. The van der Waals surface area contributed by atoms with E-state index < -0.39 is 4.92 Å². The summed E-state index contributed by atoms with van der Waals surface area (Å²) in [5.41, 5.74) is 1.09.